The molecule has 1 fully saturated rings. The van der Waals surface area contributed by atoms with Crippen LogP contribution in [0.1, 0.15) is 30.1 Å². The Morgan fingerprint density at radius 3 is 2.95 bits per heavy atom. The van der Waals surface area contributed by atoms with Crippen LogP contribution in [-0.4, -0.2) is 25.5 Å². The number of hydrogen-bond donors (Lipinski definition) is 2. The number of halogens is 3. The molecule has 0 saturated carbocycles. The molecule has 0 spiro atoms. The summed E-state index contributed by atoms with van der Waals surface area (Å²) in [4.78, 5) is 12.2. The molecule has 1 aromatic rings. The summed E-state index contributed by atoms with van der Waals surface area (Å²) < 4.78 is 0.923. The van der Waals surface area contributed by atoms with Gasteiger partial charge in [-0.3, -0.25) is 4.79 Å². The van der Waals surface area contributed by atoms with Crippen LogP contribution in [0.4, 0.5) is 0 Å². The minimum absolute atomic E-state index is 0. The van der Waals surface area contributed by atoms with E-state index < -0.39 is 0 Å². The van der Waals surface area contributed by atoms with E-state index in [9.17, 15) is 4.79 Å². The zero-order chi connectivity index (χ0) is 13.9. The van der Waals surface area contributed by atoms with Gasteiger partial charge in [0.2, 0.25) is 0 Å². The normalized spacial score (nSPS) is 21.9. The van der Waals surface area contributed by atoms with Gasteiger partial charge in [-0.15, -0.1) is 12.4 Å². The smallest absolute Gasteiger partial charge is 0.252 e. The van der Waals surface area contributed by atoms with E-state index in [1.165, 1.54) is 6.42 Å². The van der Waals surface area contributed by atoms with Crippen molar-refractivity contribution in [2.75, 3.05) is 19.6 Å². The molecule has 6 heteroatoms. The zero-order valence-corrected chi connectivity index (χ0v) is 15.1. The lowest BCUT2D eigenvalue weighted by Gasteiger charge is -2.34. The number of carbonyl (C=O) groups excluding carboxylic acids is 1. The fourth-order valence-electron chi connectivity index (χ4n) is 2.33. The first kappa shape index (κ1) is 18.0. The van der Waals surface area contributed by atoms with Gasteiger partial charge in [0.1, 0.15) is 0 Å². The third-order valence-corrected chi connectivity index (χ3v) is 4.71. The maximum atomic E-state index is 12.2. The Kier molecular flexibility index (Phi) is 7.04. The van der Waals surface area contributed by atoms with Crippen LogP contribution in [0, 0.1) is 8.99 Å². The van der Waals surface area contributed by atoms with E-state index >= 15 is 0 Å². The topological polar surface area (TPSA) is 41.1 Å². The lowest BCUT2D eigenvalue weighted by Crippen LogP contribution is -2.45. The minimum Gasteiger partial charge on any atom is -0.351 e. The average Bonchev–Trinajstić information content (AvgIpc) is 2.40. The second-order valence-electron chi connectivity index (χ2n) is 5.40. The maximum Gasteiger partial charge on any atom is 0.252 e. The molecule has 0 aromatic heterocycles. The van der Waals surface area contributed by atoms with E-state index in [-0.39, 0.29) is 23.7 Å². The van der Waals surface area contributed by atoms with Crippen molar-refractivity contribution in [1.29, 1.82) is 0 Å². The zero-order valence-electron chi connectivity index (χ0n) is 11.3. The first-order valence-electron chi connectivity index (χ1n) is 6.44. The molecule has 1 saturated heterocycles. The van der Waals surface area contributed by atoms with Crippen molar-refractivity contribution >= 4 is 52.5 Å². The molecule has 1 heterocycles. The van der Waals surface area contributed by atoms with Gasteiger partial charge in [0, 0.05) is 21.7 Å². The Balaban J connectivity index is 0.00000200. The van der Waals surface area contributed by atoms with Crippen LogP contribution >= 0.6 is 46.6 Å². The minimum atomic E-state index is -0.0429. The van der Waals surface area contributed by atoms with E-state index in [0.29, 0.717) is 17.1 Å². The van der Waals surface area contributed by atoms with Crippen molar-refractivity contribution in [2.45, 2.75) is 19.8 Å². The van der Waals surface area contributed by atoms with E-state index in [0.717, 1.165) is 23.1 Å². The lowest BCUT2D eigenvalue weighted by molar-refractivity contribution is 0.0924. The van der Waals surface area contributed by atoms with Gasteiger partial charge >= 0.3 is 0 Å². The van der Waals surface area contributed by atoms with E-state index in [4.69, 9.17) is 11.6 Å². The number of benzene rings is 1. The van der Waals surface area contributed by atoms with E-state index in [2.05, 4.69) is 40.1 Å². The molecule has 0 bridgehead atoms. The van der Waals surface area contributed by atoms with Gasteiger partial charge in [-0.25, -0.2) is 0 Å². The van der Waals surface area contributed by atoms with Crippen molar-refractivity contribution < 1.29 is 4.79 Å². The number of rotatable bonds is 3. The van der Waals surface area contributed by atoms with Crippen molar-refractivity contribution in [3.8, 4) is 0 Å². The SMILES string of the molecule is CC1(CNC(=O)c2cc(Cl)ccc2I)CCCNC1.Cl. The Labute approximate surface area is 144 Å². The first-order chi connectivity index (χ1) is 9.00. The molecule has 1 atom stereocenters. The third-order valence-electron chi connectivity index (χ3n) is 3.53. The number of hydrogen-bond acceptors (Lipinski definition) is 2. The molecule has 20 heavy (non-hydrogen) atoms. The van der Waals surface area contributed by atoms with Crippen LogP contribution in [0.25, 0.3) is 0 Å². The molecule has 112 valence electrons. The molecular formula is C14H19Cl2IN2O. The molecule has 2 rings (SSSR count). The Morgan fingerprint density at radius 2 is 2.30 bits per heavy atom. The maximum absolute atomic E-state index is 12.2. The molecule has 1 unspecified atom stereocenters. The highest BCUT2D eigenvalue weighted by Gasteiger charge is 2.27. The number of amides is 1. The summed E-state index contributed by atoms with van der Waals surface area (Å²) in [5, 5.41) is 7.01. The summed E-state index contributed by atoms with van der Waals surface area (Å²) in [5.41, 5.74) is 0.804. The van der Waals surface area contributed by atoms with Gasteiger partial charge in [0.05, 0.1) is 5.56 Å². The van der Waals surface area contributed by atoms with Crippen molar-refractivity contribution in [3.63, 3.8) is 0 Å². The molecular weight excluding hydrogens is 410 g/mol. The standard InChI is InChI=1S/C14H18ClIN2O.ClH/c1-14(5-2-6-17-8-14)9-18-13(19)11-7-10(15)3-4-12(11)16;/h3-4,7,17H,2,5-6,8-9H2,1H3,(H,18,19);1H. The highest BCUT2D eigenvalue weighted by Crippen LogP contribution is 2.24. The average molecular weight is 429 g/mol. The summed E-state index contributed by atoms with van der Waals surface area (Å²) in [7, 11) is 0. The largest absolute Gasteiger partial charge is 0.351 e. The van der Waals surface area contributed by atoms with Crippen molar-refractivity contribution in [1.82, 2.24) is 10.6 Å². The third kappa shape index (κ3) is 4.76. The Bertz CT molecular complexity index is 476. The molecule has 1 aromatic carbocycles. The monoisotopic (exact) mass is 428 g/mol. The van der Waals surface area contributed by atoms with Crippen molar-refractivity contribution in [2.24, 2.45) is 5.41 Å². The molecule has 1 amide bonds. The molecule has 0 radical (unpaired) electrons. The van der Waals surface area contributed by atoms with Crippen LogP contribution in [-0.2, 0) is 0 Å². The lowest BCUT2D eigenvalue weighted by atomic mass is 9.83. The van der Waals surface area contributed by atoms with Gasteiger partial charge in [0.25, 0.3) is 5.91 Å². The Morgan fingerprint density at radius 1 is 1.55 bits per heavy atom. The number of nitrogens with one attached hydrogen (secondary N) is 2. The second-order valence-corrected chi connectivity index (χ2v) is 7.00. The first-order valence-corrected chi connectivity index (χ1v) is 7.90. The van der Waals surface area contributed by atoms with E-state index in [1.807, 2.05) is 6.07 Å². The Hall–Kier alpha value is -0.0400. The fraction of sp³-hybridized carbons (Fsp3) is 0.500. The van der Waals surface area contributed by atoms with Crippen LogP contribution in [0.5, 0.6) is 0 Å². The number of piperidine rings is 1. The van der Waals surface area contributed by atoms with E-state index in [1.54, 1.807) is 12.1 Å². The fourth-order valence-corrected chi connectivity index (χ4v) is 3.08. The summed E-state index contributed by atoms with van der Waals surface area (Å²) >= 11 is 8.10. The van der Waals surface area contributed by atoms with Crippen LogP contribution < -0.4 is 10.6 Å². The van der Waals surface area contributed by atoms with Gasteiger partial charge in [-0.05, 0) is 65.6 Å². The summed E-state index contributed by atoms with van der Waals surface area (Å²) in [6.07, 6.45) is 2.31. The molecule has 3 nitrogen and oxygen atoms in total. The molecule has 0 aliphatic carbocycles. The predicted octanol–water partition coefficient (Wildman–Crippen LogP) is 3.49. The van der Waals surface area contributed by atoms with Gasteiger partial charge in [-0.2, -0.15) is 0 Å². The summed E-state index contributed by atoms with van der Waals surface area (Å²) in [5.74, 6) is -0.0429. The van der Waals surface area contributed by atoms with Crippen LogP contribution in [0.3, 0.4) is 0 Å². The van der Waals surface area contributed by atoms with Gasteiger partial charge < -0.3 is 10.6 Å². The number of carbonyl (C=O) groups is 1. The predicted molar refractivity (Wildman–Crippen MR) is 94.0 cm³/mol. The highest BCUT2D eigenvalue weighted by molar-refractivity contribution is 14.1. The highest BCUT2D eigenvalue weighted by atomic mass is 127. The molecule has 1 aliphatic heterocycles. The van der Waals surface area contributed by atoms with Crippen molar-refractivity contribution in [3.05, 3.63) is 32.4 Å². The summed E-state index contributed by atoms with van der Waals surface area (Å²) in [6, 6.07) is 5.38. The second kappa shape index (κ2) is 7.82. The molecule has 1 aliphatic rings. The van der Waals surface area contributed by atoms with Crippen LogP contribution in [0.15, 0.2) is 18.2 Å². The quantitative estimate of drug-likeness (QED) is 0.723. The van der Waals surface area contributed by atoms with Gasteiger partial charge in [-0.1, -0.05) is 18.5 Å². The molecule has 2 N–H and O–H groups in total. The van der Waals surface area contributed by atoms with Crippen LogP contribution in [0.2, 0.25) is 5.02 Å². The summed E-state index contributed by atoms with van der Waals surface area (Å²) in [6.45, 7) is 4.94. The van der Waals surface area contributed by atoms with Gasteiger partial charge in [0.15, 0.2) is 0 Å².